The van der Waals surface area contributed by atoms with Crippen LogP contribution in [-0.2, 0) is 5.41 Å². The van der Waals surface area contributed by atoms with Crippen LogP contribution in [0.3, 0.4) is 0 Å². The van der Waals surface area contributed by atoms with E-state index in [2.05, 4.69) is 56.8 Å². The van der Waals surface area contributed by atoms with Crippen molar-refractivity contribution >= 4 is 0 Å². The van der Waals surface area contributed by atoms with Gasteiger partial charge in [0.25, 0.3) is 0 Å². The summed E-state index contributed by atoms with van der Waals surface area (Å²) in [5.41, 5.74) is 1.99. The minimum absolute atomic E-state index is 0.0536. The summed E-state index contributed by atoms with van der Waals surface area (Å²) in [4.78, 5) is 3.86. The van der Waals surface area contributed by atoms with Gasteiger partial charge in [-0.1, -0.05) is 90.5 Å². The Morgan fingerprint density at radius 2 is 1.72 bits per heavy atom. The van der Waals surface area contributed by atoms with Gasteiger partial charge in [0, 0.05) is 23.7 Å². The average molecular weight is 400 g/mol. The number of aliphatic hydroxyl groups is 2. The monoisotopic (exact) mass is 399 g/mol. The molecule has 0 bridgehead atoms. The molecule has 0 saturated heterocycles. The molecule has 1 saturated carbocycles. The molecule has 0 spiro atoms. The molecule has 3 unspecified atom stereocenters. The molecule has 29 heavy (non-hydrogen) atoms. The number of aliphatic hydroxyl groups excluding tert-OH is 2. The molecule has 2 rings (SSSR count). The van der Waals surface area contributed by atoms with Crippen molar-refractivity contribution in [1.29, 1.82) is 0 Å². The van der Waals surface area contributed by atoms with Crippen LogP contribution in [0, 0.1) is 12.5 Å². The first-order valence-corrected chi connectivity index (χ1v) is 11.7. The summed E-state index contributed by atoms with van der Waals surface area (Å²) in [5.74, 6) is 0.297. The second-order valence-corrected chi connectivity index (χ2v) is 9.54. The van der Waals surface area contributed by atoms with Crippen molar-refractivity contribution in [3.05, 3.63) is 46.8 Å². The van der Waals surface area contributed by atoms with E-state index in [0.717, 1.165) is 43.2 Å². The van der Waals surface area contributed by atoms with E-state index < -0.39 is 6.10 Å². The number of rotatable bonds is 11. The van der Waals surface area contributed by atoms with E-state index in [0.29, 0.717) is 6.42 Å². The molecule has 2 N–H and O–H groups in total. The standard InChI is InChI=1S/C26H41NO2/c1-6-8-10-11-12-21-22(27-5)18-23(28)25(21)19-14-16-20(17-15-19)26(3,4)24(29)13-9-7-2/h14-17,21-25,28-29H,6-13,18H2,1-4H3/t21?,22-,23-,24?,25?/m1/s1. The van der Waals surface area contributed by atoms with Gasteiger partial charge in [0.15, 0.2) is 0 Å². The van der Waals surface area contributed by atoms with Crippen LogP contribution in [-0.4, -0.2) is 28.5 Å². The summed E-state index contributed by atoms with van der Waals surface area (Å²) >= 11 is 0. The Hall–Kier alpha value is -1.37. The van der Waals surface area contributed by atoms with Crippen molar-refractivity contribution in [3.8, 4) is 0 Å². The van der Waals surface area contributed by atoms with Crippen LogP contribution in [0.25, 0.3) is 4.85 Å². The van der Waals surface area contributed by atoms with Crippen LogP contribution in [0.15, 0.2) is 24.3 Å². The average Bonchev–Trinajstić information content (AvgIpc) is 3.04. The molecule has 1 aliphatic carbocycles. The van der Waals surface area contributed by atoms with Crippen LogP contribution in [0.5, 0.6) is 0 Å². The number of benzene rings is 1. The summed E-state index contributed by atoms with van der Waals surface area (Å²) in [5, 5.41) is 21.4. The van der Waals surface area contributed by atoms with Crippen molar-refractivity contribution in [1.82, 2.24) is 0 Å². The lowest BCUT2D eigenvalue weighted by atomic mass is 9.76. The predicted octanol–water partition coefficient (Wildman–Crippen LogP) is 6.24. The zero-order chi connectivity index (χ0) is 21.4. The minimum Gasteiger partial charge on any atom is -0.392 e. The van der Waals surface area contributed by atoms with Crippen LogP contribution < -0.4 is 0 Å². The molecule has 0 radical (unpaired) electrons. The Labute approximate surface area is 178 Å². The number of nitrogens with zero attached hydrogens (tertiary/aromatic N) is 1. The summed E-state index contributed by atoms with van der Waals surface area (Å²) in [6.45, 7) is 16.2. The van der Waals surface area contributed by atoms with Gasteiger partial charge in [0.1, 0.15) is 0 Å². The number of hydrogen-bond acceptors (Lipinski definition) is 2. The van der Waals surface area contributed by atoms with Gasteiger partial charge in [-0.2, -0.15) is 0 Å². The van der Waals surface area contributed by atoms with Gasteiger partial charge >= 0.3 is 0 Å². The molecular formula is C26H41NO2. The quantitative estimate of drug-likeness (QED) is 0.342. The predicted molar refractivity (Wildman–Crippen MR) is 121 cm³/mol. The third-order valence-corrected chi connectivity index (χ3v) is 7.11. The highest BCUT2D eigenvalue weighted by molar-refractivity contribution is 5.33. The van der Waals surface area contributed by atoms with Crippen molar-refractivity contribution in [2.24, 2.45) is 5.92 Å². The zero-order valence-corrected chi connectivity index (χ0v) is 18.9. The van der Waals surface area contributed by atoms with E-state index in [1.165, 1.54) is 19.3 Å². The zero-order valence-electron chi connectivity index (χ0n) is 18.9. The molecule has 3 nitrogen and oxygen atoms in total. The first kappa shape index (κ1) is 23.9. The fourth-order valence-electron chi connectivity index (χ4n) is 4.98. The summed E-state index contributed by atoms with van der Waals surface area (Å²) in [6.07, 6.45) is 8.58. The maximum Gasteiger partial charge on any atom is 0.229 e. The van der Waals surface area contributed by atoms with Crippen LogP contribution in [0.4, 0.5) is 0 Å². The molecule has 0 aromatic heterocycles. The second kappa shape index (κ2) is 11.1. The Bertz CT molecular complexity index is 646. The molecule has 0 heterocycles. The second-order valence-electron chi connectivity index (χ2n) is 9.54. The molecule has 0 amide bonds. The maximum atomic E-state index is 10.7. The largest absolute Gasteiger partial charge is 0.392 e. The van der Waals surface area contributed by atoms with E-state index in [4.69, 9.17) is 6.57 Å². The lowest BCUT2D eigenvalue weighted by Crippen LogP contribution is -2.33. The molecule has 162 valence electrons. The normalized spacial score (nSPS) is 25.7. The fraction of sp³-hybridized carbons (Fsp3) is 0.731. The Morgan fingerprint density at radius 1 is 1.07 bits per heavy atom. The highest BCUT2D eigenvalue weighted by Gasteiger charge is 2.46. The molecule has 1 aromatic rings. The van der Waals surface area contributed by atoms with Gasteiger partial charge in [0.05, 0.1) is 12.2 Å². The Balaban J connectivity index is 2.16. The van der Waals surface area contributed by atoms with Gasteiger partial charge in [-0.05, 0) is 24.0 Å². The van der Waals surface area contributed by atoms with E-state index in [1.807, 2.05) is 0 Å². The topological polar surface area (TPSA) is 44.8 Å². The highest BCUT2D eigenvalue weighted by atomic mass is 16.3. The summed E-state index contributed by atoms with van der Waals surface area (Å²) in [7, 11) is 0. The smallest absolute Gasteiger partial charge is 0.229 e. The van der Waals surface area contributed by atoms with Gasteiger partial charge in [0.2, 0.25) is 6.04 Å². The first-order chi connectivity index (χ1) is 13.9. The van der Waals surface area contributed by atoms with E-state index >= 15 is 0 Å². The molecule has 1 aliphatic rings. The SMILES string of the molecule is [C-]#[N+][C@@H]1C[C@@H](O)C(c2ccc(C(C)(C)C(O)CCCC)cc2)C1CCCCCC. The van der Waals surface area contributed by atoms with Crippen molar-refractivity contribution in [3.63, 3.8) is 0 Å². The molecular weight excluding hydrogens is 358 g/mol. The van der Waals surface area contributed by atoms with Crippen molar-refractivity contribution < 1.29 is 10.2 Å². The number of unbranched alkanes of at least 4 members (excludes halogenated alkanes) is 4. The highest BCUT2D eigenvalue weighted by Crippen LogP contribution is 2.45. The van der Waals surface area contributed by atoms with Crippen molar-refractivity contribution in [2.45, 2.75) is 115 Å². The van der Waals surface area contributed by atoms with E-state index in [1.54, 1.807) is 0 Å². The third kappa shape index (κ3) is 5.83. The van der Waals surface area contributed by atoms with Gasteiger partial charge in [-0.25, -0.2) is 6.57 Å². The summed E-state index contributed by atoms with van der Waals surface area (Å²) < 4.78 is 0. The van der Waals surface area contributed by atoms with Gasteiger partial charge < -0.3 is 15.1 Å². The fourth-order valence-corrected chi connectivity index (χ4v) is 4.98. The van der Waals surface area contributed by atoms with E-state index in [-0.39, 0.29) is 29.4 Å². The van der Waals surface area contributed by atoms with Crippen molar-refractivity contribution in [2.75, 3.05) is 0 Å². The molecule has 0 aliphatic heterocycles. The first-order valence-electron chi connectivity index (χ1n) is 11.7. The lowest BCUT2D eigenvalue weighted by Gasteiger charge is -2.32. The molecule has 1 fully saturated rings. The third-order valence-electron chi connectivity index (χ3n) is 7.11. The Morgan fingerprint density at radius 3 is 2.31 bits per heavy atom. The van der Waals surface area contributed by atoms with Crippen LogP contribution >= 0.6 is 0 Å². The Kier molecular flexibility index (Phi) is 9.18. The summed E-state index contributed by atoms with van der Waals surface area (Å²) in [6, 6.07) is 8.43. The lowest BCUT2D eigenvalue weighted by molar-refractivity contribution is 0.0889. The maximum absolute atomic E-state index is 10.7. The number of hydrogen-bond donors (Lipinski definition) is 2. The molecule has 3 heteroatoms. The van der Waals surface area contributed by atoms with E-state index in [9.17, 15) is 10.2 Å². The van der Waals surface area contributed by atoms with Crippen LogP contribution in [0.2, 0.25) is 0 Å². The van der Waals surface area contributed by atoms with Gasteiger partial charge in [-0.3, -0.25) is 0 Å². The van der Waals surface area contributed by atoms with Crippen LogP contribution in [0.1, 0.15) is 103 Å². The molecule has 1 aromatic carbocycles. The van der Waals surface area contributed by atoms with Gasteiger partial charge in [-0.15, -0.1) is 0 Å². The molecule has 5 atom stereocenters. The minimum atomic E-state index is -0.431.